The van der Waals surface area contributed by atoms with Gasteiger partial charge in [-0.25, -0.2) is 14.5 Å². The van der Waals surface area contributed by atoms with Crippen LogP contribution in [0.2, 0.25) is 0 Å². The molecular formula is C24H24N2O6. The summed E-state index contributed by atoms with van der Waals surface area (Å²) in [5.41, 5.74) is 1.64. The zero-order valence-corrected chi connectivity index (χ0v) is 18.1. The fourth-order valence-corrected chi connectivity index (χ4v) is 3.17. The van der Waals surface area contributed by atoms with Gasteiger partial charge in [-0.05, 0) is 55.7 Å². The van der Waals surface area contributed by atoms with Crippen LogP contribution in [0.4, 0.5) is 10.5 Å². The van der Waals surface area contributed by atoms with Gasteiger partial charge in [0.05, 0.1) is 11.8 Å². The molecule has 2 aromatic rings. The van der Waals surface area contributed by atoms with E-state index in [1.165, 1.54) is 6.08 Å². The van der Waals surface area contributed by atoms with E-state index in [-0.39, 0.29) is 18.3 Å². The molecule has 1 aliphatic rings. The van der Waals surface area contributed by atoms with Gasteiger partial charge in [0.2, 0.25) is 0 Å². The first-order chi connectivity index (χ1) is 15.3. The summed E-state index contributed by atoms with van der Waals surface area (Å²) < 4.78 is 10.4. The SMILES string of the molecule is CCc1ccccc1N1C(=O)NC(=O)/C(=C\c2ccc(OCC(=O)OC(C)C)cc2)C1=O. The molecule has 0 atom stereocenters. The number of anilines is 1. The minimum absolute atomic E-state index is 0.162. The van der Waals surface area contributed by atoms with Crippen LogP contribution in [0.1, 0.15) is 31.9 Å². The second-order valence-electron chi connectivity index (χ2n) is 7.34. The third-order valence-electron chi connectivity index (χ3n) is 4.63. The molecule has 0 aromatic heterocycles. The van der Waals surface area contributed by atoms with Crippen LogP contribution in [-0.4, -0.2) is 36.5 Å². The van der Waals surface area contributed by atoms with Crippen LogP contribution in [-0.2, 0) is 25.5 Å². The number of barbiturate groups is 1. The highest BCUT2D eigenvalue weighted by molar-refractivity contribution is 6.39. The summed E-state index contributed by atoms with van der Waals surface area (Å²) in [5, 5.41) is 2.22. The lowest BCUT2D eigenvalue weighted by molar-refractivity contribution is -0.149. The zero-order valence-electron chi connectivity index (χ0n) is 18.1. The lowest BCUT2D eigenvalue weighted by Gasteiger charge is -2.27. The number of carbonyl (C=O) groups excluding carboxylic acids is 4. The van der Waals surface area contributed by atoms with Crippen LogP contribution >= 0.6 is 0 Å². The number of amides is 4. The highest BCUT2D eigenvalue weighted by Crippen LogP contribution is 2.26. The summed E-state index contributed by atoms with van der Waals surface area (Å²) in [6, 6.07) is 12.7. The molecule has 0 spiro atoms. The van der Waals surface area contributed by atoms with Crippen LogP contribution in [0.15, 0.2) is 54.1 Å². The smallest absolute Gasteiger partial charge is 0.344 e. The molecule has 2 aromatic carbocycles. The predicted molar refractivity (Wildman–Crippen MR) is 118 cm³/mol. The van der Waals surface area contributed by atoms with Crippen LogP contribution in [0.25, 0.3) is 6.08 Å². The first-order valence-corrected chi connectivity index (χ1v) is 10.2. The molecule has 1 saturated heterocycles. The third kappa shape index (κ3) is 5.21. The molecule has 0 unspecified atom stereocenters. The highest BCUT2D eigenvalue weighted by atomic mass is 16.6. The van der Waals surface area contributed by atoms with E-state index in [9.17, 15) is 19.2 Å². The Morgan fingerprint density at radius 2 is 1.75 bits per heavy atom. The first-order valence-electron chi connectivity index (χ1n) is 10.2. The quantitative estimate of drug-likeness (QED) is 0.406. The predicted octanol–water partition coefficient (Wildman–Crippen LogP) is 3.25. The first kappa shape index (κ1) is 22.7. The number of esters is 1. The normalized spacial score (nSPS) is 15.2. The maximum Gasteiger partial charge on any atom is 0.344 e. The monoisotopic (exact) mass is 436 g/mol. The number of para-hydroxylation sites is 1. The number of nitrogens with zero attached hydrogens (tertiary/aromatic N) is 1. The average molecular weight is 436 g/mol. The second-order valence-corrected chi connectivity index (χ2v) is 7.34. The van der Waals surface area contributed by atoms with Gasteiger partial charge in [-0.2, -0.15) is 0 Å². The number of hydrogen-bond donors (Lipinski definition) is 1. The number of imide groups is 2. The standard InChI is InChI=1S/C24H24N2O6/c1-4-17-7-5-6-8-20(17)26-23(29)19(22(28)25-24(26)30)13-16-9-11-18(12-10-16)31-14-21(27)32-15(2)3/h5-13,15H,4,14H2,1-3H3,(H,25,28,30)/b19-13+. The summed E-state index contributed by atoms with van der Waals surface area (Å²) in [7, 11) is 0. The Hall–Kier alpha value is -3.94. The van der Waals surface area contributed by atoms with Crippen LogP contribution in [0.5, 0.6) is 5.75 Å². The number of nitrogens with one attached hydrogen (secondary N) is 1. The maximum absolute atomic E-state index is 13.1. The van der Waals surface area contributed by atoms with E-state index in [2.05, 4.69) is 5.32 Å². The Kier molecular flexibility index (Phi) is 7.04. The van der Waals surface area contributed by atoms with Crippen molar-refractivity contribution < 1.29 is 28.7 Å². The maximum atomic E-state index is 13.1. The Balaban J connectivity index is 1.79. The summed E-state index contributed by atoms with van der Waals surface area (Å²) in [5.74, 6) is -1.51. The van der Waals surface area contributed by atoms with Crippen molar-refractivity contribution in [3.8, 4) is 5.75 Å². The van der Waals surface area contributed by atoms with Crippen molar-refractivity contribution in [1.29, 1.82) is 0 Å². The molecule has 8 heteroatoms. The molecule has 0 aliphatic carbocycles. The van der Waals surface area contributed by atoms with E-state index in [0.29, 0.717) is 23.4 Å². The van der Waals surface area contributed by atoms with Gasteiger partial charge in [0.1, 0.15) is 11.3 Å². The van der Waals surface area contributed by atoms with Gasteiger partial charge in [0.15, 0.2) is 6.61 Å². The van der Waals surface area contributed by atoms with Crippen molar-refractivity contribution in [3.63, 3.8) is 0 Å². The number of hydrogen-bond acceptors (Lipinski definition) is 6. The number of carbonyl (C=O) groups is 4. The molecule has 1 heterocycles. The van der Waals surface area contributed by atoms with Gasteiger partial charge >= 0.3 is 12.0 Å². The largest absolute Gasteiger partial charge is 0.482 e. The molecule has 166 valence electrons. The van der Waals surface area contributed by atoms with E-state index in [1.54, 1.807) is 50.2 Å². The molecule has 0 saturated carbocycles. The van der Waals surface area contributed by atoms with Gasteiger partial charge in [0.25, 0.3) is 11.8 Å². The molecule has 4 amide bonds. The van der Waals surface area contributed by atoms with E-state index in [0.717, 1.165) is 10.5 Å². The zero-order chi connectivity index (χ0) is 23.3. The number of benzene rings is 2. The fraction of sp³-hybridized carbons (Fsp3) is 0.250. The lowest BCUT2D eigenvalue weighted by Crippen LogP contribution is -2.54. The third-order valence-corrected chi connectivity index (χ3v) is 4.63. The number of ether oxygens (including phenoxy) is 2. The highest BCUT2D eigenvalue weighted by Gasteiger charge is 2.37. The van der Waals surface area contributed by atoms with Gasteiger partial charge in [-0.1, -0.05) is 37.3 Å². The molecule has 1 aliphatic heterocycles. The Bertz CT molecular complexity index is 1070. The molecule has 32 heavy (non-hydrogen) atoms. The van der Waals surface area contributed by atoms with Gasteiger partial charge < -0.3 is 9.47 Å². The summed E-state index contributed by atoms with van der Waals surface area (Å²) >= 11 is 0. The molecule has 1 fully saturated rings. The van der Waals surface area contributed by atoms with Crippen molar-refractivity contribution in [3.05, 3.63) is 65.2 Å². The molecule has 8 nitrogen and oxygen atoms in total. The molecule has 1 N–H and O–H groups in total. The van der Waals surface area contributed by atoms with Crippen molar-refractivity contribution in [2.45, 2.75) is 33.3 Å². The Labute approximate surface area is 185 Å². The van der Waals surface area contributed by atoms with Crippen molar-refractivity contribution in [1.82, 2.24) is 5.32 Å². The number of urea groups is 1. The summed E-state index contributed by atoms with van der Waals surface area (Å²) in [4.78, 5) is 50.4. The number of rotatable bonds is 7. The van der Waals surface area contributed by atoms with Gasteiger partial charge in [-0.15, -0.1) is 0 Å². The molecule has 0 radical (unpaired) electrons. The van der Waals surface area contributed by atoms with Crippen molar-refractivity contribution in [2.24, 2.45) is 0 Å². The molecule has 3 rings (SSSR count). The Morgan fingerprint density at radius 3 is 2.41 bits per heavy atom. The number of aryl methyl sites for hydroxylation is 1. The van der Waals surface area contributed by atoms with Crippen LogP contribution < -0.4 is 15.0 Å². The average Bonchev–Trinajstić information content (AvgIpc) is 2.76. The van der Waals surface area contributed by atoms with E-state index in [1.807, 2.05) is 19.1 Å². The minimum Gasteiger partial charge on any atom is -0.482 e. The van der Waals surface area contributed by atoms with Crippen LogP contribution in [0, 0.1) is 0 Å². The summed E-state index contributed by atoms with van der Waals surface area (Å²) in [6.07, 6.45) is 1.80. The van der Waals surface area contributed by atoms with Crippen molar-refractivity contribution >= 4 is 35.6 Å². The van der Waals surface area contributed by atoms with E-state index >= 15 is 0 Å². The summed E-state index contributed by atoms with van der Waals surface area (Å²) in [6.45, 7) is 5.18. The topological polar surface area (TPSA) is 102 Å². The van der Waals surface area contributed by atoms with E-state index in [4.69, 9.17) is 9.47 Å². The second kappa shape index (κ2) is 9.91. The van der Waals surface area contributed by atoms with E-state index < -0.39 is 23.8 Å². The fourth-order valence-electron chi connectivity index (χ4n) is 3.17. The minimum atomic E-state index is -0.782. The Morgan fingerprint density at radius 1 is 1.06 bits per heavy atom. The lowest BCUT2D eigenvalue weighted by atomic mass is 10.0. The van der Waals surface area contributed by atoms with Crippen LogP contribution in [0.3, 0.4) is 0 Å². The molecular weight excluding hydrogens is 412 g/mol. The van der Waals surface area contributed by atoms with Gasteiger partial charge in [-0.3, -0.25) is 14.9 Å². The van der Waals surface area contributed by atoms with Crippen molar-refractivity contribution in [2.75, 3.05) is 11.5 Å². The molecule has 0 bridgehead atoms. The van der Waals surface area contributed by atoms with Gasteiger partial charge in [0, 0.05) is 0 Å².